The Kier molecular flexibility index (Phi) is 2.53. The van der Waals surface area contributed by atoms with Crippen LogP contribution in [0.1, 0.15) is 56.2 Å². The van der Waals surface area contributed by atoms with Crippen LogP contribution in [0, 0.1) is 5.41 Å². The summed E-state index contributed by atoms with van der Waals surface area (Å²) in [5, 5.41) is 0. The molecule has 2 aliphatic rings. The monoisotopic (exact) mass is 229 g/mol. The second kappa shape index (κ2) is 3.94. The van der Waals surface area contributed by atoms with Gasteiger partial charge in [0.25, 0.3) is 0 Å². The number of carbonyl (C=O) groups excluding carboxylic acids is 1. The Morgan fingerprint density at radius 1 is 1.41 bits per heavy atom. The van der Waals surface area contributed by atoms with E-state index in [1.807, 2.05) is 12.3 Å². The smallest absolute Gasteiger partial charge is 0.133 e. The third-order valence-electron chi connectivity index (χ3n) is 4.61. The van der Waals surface area contributed by atoms with Gasteiger partial charge in [-0.15, -0.1) is 0 Å². The Labute approximate surface area is 102 Å². The van der Waals surface area contributed by atoms with Gasteiger partial charge < -0.3 is 0 Å². The summed E-state index contributed by atoms with van der Waals surface area (Å²) in [6.07, 6.45) is 8.08. The summed E-state index contributed by atoms with van der Waals surface area (Å²) >= 11 is 0. The van der Waals surface area contributed by atoms with E-state index in [2.05, 4.69) is 18.0 Å². The predicted molar refractivity (Wildman–Crippen MR) is 66.9 cm³/mol. The van der Waals surface area contributed by atoms with Crippen LogP contribution in [0.3, 0.4) is 0 Å². The van der Waals surface area contributed by atoms with Gasteiger partial charge in [-0.3, -0.25) is 9.78 Å². The molecule has 2 unspecified atom stereocenters. The van der Waals surface area contributed by atoms with Crippen molar-refractivity contribution >= 4 is 5.78 Å². The second-order valence-electron chi connectivity index (χ2n) is 5.86. The SMILES string of the molecule is CC1(C2CCCc3cccnc32)CCC(=O)C1. The first-order chi connectivity index (χ1) is 8.19. The zero-order chi connectivity index (χ0) is 11.9. The summed E-state index contributed by atoms with van der Waals surface area (Å²) in [6.45, 7) is 2.28. The van der Waals surface area contributed by atoms with Crippen molar-refractivity contribution in [3.63, 3.8) is 0 Å². The summed E-state index contributed by atoms with van der Waals surface area (Å²) in [6, 6.07) is 4.23. The van der Waals surface area contributed by atoms with Gasteiger partial charge in [0.2, 0.25) is 0 Å². The van der Waals surface area contributed by atoms with E-state index < -0.39 is 0 Å². The molecule has 0 spiro atoms. The van der Waals surface area contributed by atoms with Crippen LogP contribution in [-0.2, 0) is 11.2 Å². The number of aromatic nitrogens is 1. The molecule has 0 amide bonds. The molecule has 3 rings (SSSR count). The lowest BCUT2D eigenvalue weighted by atomic mass is 9.68. The molecule has 0 aliphatic heterocycles. The molecule has 1 saturated carbocycles. The van der Waals surface area contributed by atoms with E-state index in [1.165, 1.54) is 24.1 Å². The molecule has 1 aromatic heterocycles. The minimum atomic E-state index is 0.167. The number of nitrogens with zero attached hydrogens (tertiary/aromatic N) is 1. The number of ketones is 1. The molecule has 2 nitrogen and oxygen atoms in total. The van der Waals surface area contributed by atoms with Crippen molar-refractivity contribution in [2.45, 2.75) is 51.4 Å². The number of hydrogen-bond acceptors (Lipinski definition) is 2. The van der Waals surface area contributed by atoms with Crippen molar-refractivity contribution in [1.29, 1.82) is 0 Å². The van der Waals surface area contributed by atoms with Crippen LogP contribution in [0.4, 0.5) is 0 Å². The van der Waals surface area contributed by atoms with E-state index in [0.29, 0.717) is 11.7 Å². The van der Waals surface area contributed by atoms with E-state index in [9.17, 15) is 4.79 Å². The molecule has 0 radical (unpaired) electrons. The van der Waals surface area contributed by atoms with Gasteiger partial charge in [0.05, 0.1) is 0 Å². The molecular formula is C15H19NO. The van der Waals surface area contributed by atoms with Crippen LogP contribution >= 0.6 is 0 Å². The normalized spacial score (nSPS) is 32.5. The molecule has 2 atom stereocenters. The Balaban J connectivity index is 1.98. The molecule has 90 valence electrons. The van der Waals surface area contributed by atoms with Crippen molar-refractivity contribution in [2.75, 3.05) is 0 Å². The van der Waals surface area contributed by atoms with Crippen LogP contribution in [-0.4, -0.2) is 10.8 Å². The highest BCUT2D eigenvalue weighted by Crippen LogP contribution is 2.51. The fourth-order valence-electron chi connectivity index (χ4n) is 3.64. The average Bonchev–Trinajstić information content (AvgIpc) is 2.70. The van der Waals surface area contributed by atoms with Gasteiger partial charge in [-0.05, 0) is 42.7 Å². The van der Waals surface area contributed by atoms with Gasteiger partial charge in [-0.2, -0.15) is 0 Å². The van der Waals surface area contributed by atoms with E-state index in [4.69, 9.17) is 0 Å². The maximum absolute atomic E-state index is 11.6. The first-order valence-corrected chi connectivity index (χ1v) is 6.64. The quantitative estimate of drug-likeness (QED) is 0.739. The summed E-state index contributed by atoms with van der Waals surface area (Å²) in [7, 11) is 0. The molecule has 17 heavy (non-hydrogen) atoms. The number of rotatable bonds is 1. The minimum absolute atomic E-state index is 0.167. The third-order valence-corrected chi connectivity index (χ3v) is 4.61. The van der Waals surface area contributed by atoms with Crippen LogP contribution in [0.25, 0.3) is 0 Å². The third kappa shape index (κ3) is 1.80. The fraction of sp³-hybridized carbons (Fsp3) is 0.600. The van der Waals surface area contributed by atoms with Crippen LogP contribution in [0.15, 0.2) is 18.3 Å². The van der Waals surface area contributed by atoms with Crippen molar-refractivity contribution in [3.8, 4) is 0 Å². The largest absolute Gasteiger partial charge is 0.300 e. The Hall–Kier alpha value is -1.18. The maximum atomic E-state index is 11.6. The Morgan fingerprint density at radius 3 is 3.06 bits per heavy atom. The number of carbonyl (C=O) groups is 1. The van der Waals surface area contributed by atoms with E-state index >= 15 is 0 Å². The van der Waals surface area contributed by atoms with Gasteiger partial charge in [-0.25, -0.2) is 0 Å². The van der Waals surface area contributed by atoms with E-state index in [0.717, 1.165) is 25.7 Å². The second-order valence-corrected chi connectivity index (χ2v) is 5.86. The molecule has 0 saturated heterocycles. The minimum Gasteiger partial charge on any atom is -0.300 e. The number of Topliss-reactive ketones (excluding diaryl/α,β-unsaturated/α-hetero) is 1. The summed E-state index contributed by atoms with van der Waals surface area (Å²) in [5.41, 5.74) is 2.85. The molecule has 0 N–H and O–H groups in total. The Bertz CT molecular complexity index is 454. The van der Waals surface area contributed by atoms with E-state index in [-0.39, 0.29) is 5.41 Å². The first-order valence-electron chi connectivity index (χ1n) is 6.64. The van der Waals surface area contributed by atoms with Crippen molar-refractivity contribution < 1.29 is 4.79 Å². The van der Waals surface area contributed by atoms with E-state index in [1.54, 1.807) is 0 Å². The average molecular weight is 229 g/mol. The van der Waals surface area contributed by atoms with Crippen LogP contribution in [0.2, 0.25) is 0 Å². The highest BCUT2D eigenvalue weighted by atomic mass is 16.1. The zero-order valence-electron chi connectivity index (χ0n) is 10.4. The highest BCUT2D eigenvalue weighted by molar-refractivity contribution is 5.81. The van der Waals surface area contributed by atoms with Gasteiger partial charge in [-0.1, -0.05) is 13.0 Å². The van der Waals surface area contributed by atoms with Gasteiger partial charge in [0, 0.05) is 30.7 Å². The Morgan fingerprint density at radius 2 is 2.29 bits per heavy atom. The lowest BCUT2D eigenvalue weighted by Crippen LogP contribution is -2.27. The molecule has 1 fully saturated rings. The molecule has 0 bridgehead atoms. The van der Waals surface area contributed by atoms with Crippen LogP contribution in [0.5, 0.6) is 0 Å². The zero-order valence-corrected chi connectivity index (χ0v) is 10.4. The molecule has 2 heteroatoms. The number of aryl methyl sites for hydroxylation is 1. The maximum Gasteiger partial charge on any atom is 0.133 e. The summed E-state index contributed by atoms with van der Waals surface area (Å²) < 4.78 is 0. The van der Waals surface area contributed by atoms with Crippen LogP contribution < -0.4 is 0 Å². The lowest BCUT2D eigenvalue weighted by molar-refractivity contribution is -0.118. The van der Waals surface area contributed by atoms with Crippen molar-refractivity contribution in [1.82, 2.24) is 4.98 Å². The van der Waals surface area contributed by atoms with Gasteiger partial charge in [0.1, 0.15) is 5.78 Å². The fourth-order valence-corrected chi connectivity index (χ4v) is 3.64. The lowest BCUT2D eigenvalue weighted by Gasteiger charge is -2.36. The van der Waals surface area contributed by atoms with Gasteiger partial charge >= 0.3 is 0 Å². The number of fused-ring (bicyclic) bond motifs is 1. The topological polar surface area (TPSA) is 30.0 Å². The highest BCUT2D eigenvalue weighted by Gasteiger charge is 2.43. The first kappa shape index (κ1) is 10.9. The molecule has 1 aromatic rings. The van der Waals surface area contributed by atoms with Crippen molar-refractivity contribution in [2.24, 2.45) is 5.41 Å². The molecular weight excluding hydrogens is 210 g/mol. The molecule has 2 aliphatic carbocycles. The van der Waals surface area contributed by atoms with Gasteiger partial charge in [0.15, 0.2) is 0 Å². The van der Waals surface area contributed by atoms with Crippen molar-refractivity contribution in [3.05, 3.63) is 29.6 Å². The summed E-state index contributed by atoms with van der Waals surface area (Å²) in [4.78, 5) is 16.2. The molecule has 1 heterocycles. The number of pyridine rings is 1. The number of hydrogen-bond donors (Lipinski definition) is 0. The predicted octanol–water partition coefficient (Wildman–Crippen LogP) is 3.26. The molecule has 0 aromatic carbocycles. The summed E-state index contributed by atoms with van der Waals surface area (Å²) in [5.74, 6) is 0.939. The standard InChI is InChI=1S/C15H19NO/c1-15(8-7-12(17)10-15)13-6-2-4-11-5-3-9-16-14(11)13/h3,5,9,13H,2,4,6-8,10H2,1H3.